The number of nitrogens with zero attached hydrogens (tertiary/aromatic N) is 1. The number of aliphatic carboxylic acids is 1. The molecule has 108 valence electrons. The van der Waals surface area contributed by atoms with Gasteiger partial charge in [0.2, 0.25) is 5.91 Å². The average Bonchev–Trinajstić information content (AvgIpc) is 2.83. The quantitative estimate of drug-likeness (QED) is 0.811. The maximum absolute atomic E-state index is 12.6. The summed E-state index contributed by atoms with van der Waals surface area (Å²) in [5, 5.41) is 12.6. The third-order valence-electron chi connectivity index (χ3n) is 3.81. The monoisotopic (exact) mass is 286 g/mol. The number of carbonyl (C=O) groups is 2. The highest BCUT2D eigenvalue weighted by Gasteiger charge is 2.43. The molecule has 2 heterocycles. The highest BCUT2D eigenvalue weighted by atomic mass is 32.2. The maximum Gasteiger partial charge on any atom is 0.327 e. The molecule has 3 atom stereocenters. The van der Waals surface area contributed by atoms with Crippen molar-refractivity contribution in [3.8, 4) is 0 Å². The highest BCUT2D eigenvalue weighted by molar-refractivity contribution is 8.00. The van der Waals surface area contributed by atoms with E-state index in [4.69, 9.17) is 0 Å². The molecule has 19 heavy (non-hydrogen) atoms. The van der Waals surface area contributed by atoms with Crippen molar-refractivity contribution >= 4 is 23.6 Å². The van der Waals surface area contributed by atoms with E-state index in [-0.39, 0.29) is 17.2 Å². The molecule has 2 aliphatic heterocycles. The Kier molecular flexibility index (Phi) is 5.10. The third kappa shape index (κ3) is 3.23. The summed E-state index contributed by atoms with van der Waals surface area (Å²) in [4.78, 5) is 25.6. The first kappa shape index (κ1) is 14.7. The Labute approximate surface area is 118 Å². The second-order valence-corrected chi connectivity index (χ2v) is 6.43. The molecule has 2 N–H and O–H groups in total. The second kappa shape index (κ2) is 6.61. The third-order valence-corrected chi connectivity index (χ3v) is 5.17. The van der Waals surface area contributed by atoms with Crippen LogP contribution >= 0.6 is 11.8 Å². The van der Waals surface area contributed by atoms with E-state index in [1.54, 1.807) is 16.7 Å². The Morgan fingerprint density at radius 2 is 2.26 bits per heavy atom. The lowest BCUT2D eigenvalue weighted by Crippen LogP contribution is -2.50. The summed E-state index contributed by atoms with van der Waals surface area (Å²) in [6.07, 6.45) is 3.71. The lowest BCUT2D eigenvalue weighted by atomic mass is 9.97. The van der Waals surface area contributed by atoms with Gasteiger partial charge in [-0.15, -0.1) is 11.8 Å². The summed E-state index contributed by atoms with van der Waals surface area (Å²) in [5.41, 5.74) is 0. The molecule has 0 spiro atoms. The normalized spacial score (nSPS) is 31.4. The number of piperidine rings is 1. The van der Waals surface area contributed by atoms with Crippen molar-refractivity contribution in [1.29, 1.82) is 0 Å². The zero-order valence-corrected chi connectivity index (χ0v) is 12.1. The molecule has 0 aromatic carbocycles. The van der Waals surface area contributed by atoms with Crippen LogP contribution < -0.4 is 5.32 Å². The molecule has 0 aromatic heterocycles. The van der Waals surface area contributed by atoms with E-state index in [0.29, 0.717) is 12.3 Å². The fourth-order valence-electron chi connectivity index (χ4n) is 2.79. The van der Waals surface area contributed by atoms with Crippen LogP contribution in [0.3, 0.4) is 0 Å². The zero-order valence-electron chi connectivity index (χ0n) is 11.3. The summed E-state index contributed by atoms with van der Waals surface area (Å²) in [7, 11) is 0. The molecule has 2 saturated heterocycles. The van der Waals surface area contributed by atoms with Gasteiger partial charge < -0.3 is 15.3 Å². The van der Waals surface area contributed by atoms with Crippen molar-refractivity contribution in [2.45, 2.75) is 44.0 Å². The van der Waals surface area contributed by atoms with E-state index in [1.165, 1.54) is 0 Å². The minimum atomic E-state index is -0.872. The number of carboxylic acid groups (broad SMARTS) is 1. The number of thioether (sulfide) groups is 1. The van der Waals surface area contributed by atoms with E-state index >= 15 is 0 Å². The molecule has 0 radical (unpaired) electrons. The van der Waals surface area contributed by atoms with Crippen LogP contribution in [0.5, 0.6) is 0 Å². The smallest absolute Gasteiger partial charge is 0.327 e. The zero-order chi connectivity index (χ0) is 13.8. The molecule has 0 aliphatic carbocycles. The van der Waals surface area contributed by atoms with E-state index in [2.05, 4.69) is 12.2 Å². The first-order chi connectivity index (χ1) is 9.15. The highest BCUT2D eigenvalue weighted by Crippen LogP contribution is 2.34. The molecule has 0 saturated carbocycles. The van der Waals surface area contributed by atoms with Gasteiger partial charge in [0.15, 0.2) is 0 Å². The van der Waals surface area contributed by atoms with Crippen molar-refractivity contribution in [2.24, 2.45) is 5.92 Å². The minimum absolute atomic E-state index is 0.0306. The number of hydrogen-bond donors (Lipinski definition) is 2. The number of carbonyl (C=O) groups excluding carboxylic acids is 1. The fraction of sp³-hybridized carbons (Fsp3) is 0.846. The molecule has 6 heteroatoms. The number of carboxylic acids is 1. The van der Waals surface area contributed by atoms with Gasteiger partial charge in [0, 0.05) is 12.3 Å². The standard InChI is InChI=1S/C13H22N2O3S/c1-2-4-11-15(10(8-19-11)13(17)18)12(16)9-5-3-6-14-7-9/h9-11,14H,2-8H2,1H3,(H,17,18)/t9-,10?,11?/m0/s1. The maximum atomic E-state index is 12.6. The second-order valence-electron chi connectivity index (χ2n) is 5.22. The van der Waals surface area contributed by atoms with Gasteiger partial charge in [0.1, 0.15) is 6.04 Å². The van der Waals surface area contributed by atoms with Gasteiger partial charge >= 0.3 is 5.97 Å². The predicted octanol–water partition coefficient (Wildman–Crippen LogP) is 1.14. The topological polar surface area (TPSA) is 69.6 Å². The Bertz CT molecular complexity index is 345. The average molecular weight is 286 g/mol. The lowest BCUT2D eigenvalue weighted by molar-refractivity contribution is -0.151. The Morgan fingerprint density at radius 3 is 2.84 bits per heavy atom. The van der Waals surface area contributed by atoms with Crippen LogP contribution in [0.15, 0.2) is 0 Å². The number of rotatable bonds is 4. The Balaban J connectivity index is 2.10. The van der Waals surface area contributed by atoms with Gasteiger partial charge in [0.25, 0.3) is 0 Å². The molecule has 5 nitrogen and oxygen atoms in total. The Morgan fingerprint density at radius 1 is 1.47 bits per heavy atom. The van der Waals surface area contributed by atoms with Gasteiger partial charge in [0.05, 0.1) is 11.3 Å². The van der Waals surface area contributed by atoms with Gasteiger partial charge in [-0.1, -0.05) is 13.3 Å². The molecular formula is C13H22N2O3S. The summed E-state index contributed by atoms with van der Waals surface area (Å²) in [6.45, 7) is 3.71. The predicted molar refractivity (Wildman–Crippen MR) is 75.0 cm³/mol. The lowest BCUT2D eigenvalue weighted by Gasteiger charge is -2.32. The van der Waals surface area contributed by atoms with Crippen molar-refractivity contribution < 1.29 is 14.7 Å². The van der Waals surface area contributed by atoms with Crippen molar-refractivity contribution in [3.63, 3.8) is 0 Å². The minimum Gasteiger partial charge on any atom is -0.480 e. The van der Waals surface area contributed by atoms with Gasteiger partial charge in [-0.2, -0.15) is 0 Å². The van der Waals surface area contributed by atoms with Crippen LogP contribution in [0.2, 0.25) is 0 Å². The molecular weight excluding hydrogens is 264 g/mol. The molecule has 0 aromatic rings. The molecule has 1 amide bonds. The fourth-order valence-corrected chi connectivity index (χ4v) is 4.31. The first-order valence-corrected chi connectivity index (χ1v) is 8.07. The van der Waals surface area contributed by atoms with E-state index in [1.807, 2.05) is 0 Å². The van der Waals surface area contributed by atoms with Crippen LogP contribution in [-0.2, 0) is 9.59 Å². The van der Waals surface area contributed by atoms with E-state index in [0.717, 1.165) is 32.2 Å². The van der Waals surface area contributed by atoms with Crippen LogP contribution in [0, 0.1) is 5.92 Å². The molecule has 0 bridgehead atoms. The summed E-state index contributed by atoms with van der Waals surface area (Å²) < 4.78 is 0. The van der Waals surface area contributed by atoms with Crippen LogP contribution in [-0.4, -0.2) is 52.1 Å². The Hall–Kier alpha value is -0.750. The SMILES string of the molecule is CCCC1SCC(C(=O)O)N1C(=O)[C@H]1CCCNC1. The van der Waals surface area contributed by atoms with Crippen molar-refractivity contribution in [3.05, 3.63) is 0 Å². The van der Waals surface area contributed by atoms with Gasteiger partial charge in [-0.25, -0.2) is 4.79 Å². The molecule has 2 aliphatic rings. The van der Waals surface area contributed by atoms with Crippen LogP contribution in [0.1, 0.15) is 32.6 Å². The van der Waals surface area contributed by atoms with Crippen LogP contribution in [0.25, 0.3) is 0 Å². The van der Waals surface area contributed by atoms with Crippen molar-refractivity contribution in [2.75, 3.05) is 18.8 Å². The number of nitrogens with one attached hydrogen (secondary N) is 1. The molecule has 2 fully saturated rings. The summed E-state index contributed by atoms with van der Waals surface area (Å²) in [5.74, 6) is -0.369. The van der Waals surface area contributed by atoms with Crippen molar-refractivity contribution in [1.82, 2.24) is 10.2 Å². The first-order valence-electron chi connectivity index (χ1n) is 7.02. The largest absolute Gasteiger partial charge is 0.480 e. The van der Waals surface area contributed by atoms with Gasteiger partial charge in [-0.3, -0.25) is 4.79 Å². The summed E-state index contributed by atoms with van der Waals surface area (Å²) >= 11 is 1.61. The number of hydrogen-bond acceptors (Lipinski definition) is 4. The van der Waals surface area contributed by atoms with Gasteiger partial charge in [-0.05, 0) is 25.8 Å². The molecule has 2 unspecified atom stereocenters. The number of amides is 1. The summed E-state index contributed by atoms with van der Waals surface area (Å²) in [6, 6.07) is -0.643. The van der Waals surface area contributed by atoms with Crippen LogP contribution in [0.4, 0.5) is 0 Å². The van der Waals surface area contributed by atoms with E-state index < -0.39 is 12.0 Å². The van der Waals surface area contributed by atoms with E-state index in [9.17, 15) is 14.7 Å². The molecule has 2 rings (SSSR count).